The summed E-state index contributed by atoms with van der Waals surface area (Å²) in [7, 11) is 0. The van der Waals surface area contributed by atoms with Gasteiger partial charge in [0.15, 0.2) is 0 Å². The van der Waals surface area contributed by atoms with Gasteiger partial charge in [-0.05, 0) is 30.3 Å². The summed E-state index contributed by atoms with van der Waals surface area (Å²) in [5.41, 5.74) is 1.54. The van der Waals surface area contributed by atoms with E-state index >= 15 is 0 Å². The Morgan fingerprint density at radius 1 is 1.00 bits per heavy atom. The third-order valence-electron chi connectivity index (χ3n) is 6.08. The molecule has 2 aliphatic heterocycles. The molecule has 2 fully saturated rings. The van der Waals surface area contributed by atoms with Gasteiger partial charge in [0.1, 0.15) is 6.04 Å². The molecular weight excluding hydrogens is 477 g/mol. The van der Waals surface area contributed by atoms with E-state index in [9.17, 15) is 14.4 Å². The molecular formula is C24H27Cl2N5O3. The van der Waals surface area contributed by atoms with Gasteiger partial charge >= 0.3 is 0 Å². The molecule has 180 valence electrons. The molecule has 2 aliphatic rings. The summed E-state index contributed by atoms with van der Waals surface area (Å²) >= 11 is 12.2. The molecule has 34 heavy (non-hydrogen) atoms. The van der Waals surface area contributed by atoms with Crippen LogP contribution in [0.25, 0.3) is 0 Å². The number of amides is 3. The van der Waals surface area contributed by atoms with Crippen molar-refractivity contribution in [3.05, 3.63) is 58.6 Å². The molecule has 2 N–H and O–H groups in total. The van der Waals surface area contributed by atoms with Crippen molar-refractivity contribution in [1.29, 1.82) is 0 Å². The second kappa shape index (κ2) is 11.1. The monoisotopic (exact) mass is 503 g/mol. The maximum atomic E-state index is 13.1. The van der Waals surface area contributed by atoms with E-state index in [1.165, 1.54) is 4.90 Å². The topological polar surface area (TPSA) is 85.0 Å². The minimum atomic E-state index is -0.850. The molecule has 0 radical (unpaired) electrons. The van der Waals surface area contributed by atoms with E-state index in [-0.39, 0.29) is 30.7 Å². The zero-order valence-electron chi connectivity index (χ0n) is 18.7. The van der Waals surface area contributed by atoms with Crippen LogP contribution in [-0.4, -0.2) is 79.4 Å². The van der Waals surface area contributed by atoms with Crippen molar-refractivity contribution in [3.63, 3.8) is 0 Å². The number of carbonyl (C=O) groups excluding carboxylic acids is 3. The third kappa shape index (κ3) is 6.00. The van der Waals surface area contributed by atoms with Crippen molar-refractivity contribution in [2.45, 2.75) is 12.5 Å². The fourth-order valence-corrected chi connectivity index (χ4v) is 4.64. The van der Waals surface area contributed by atoms with Crippen molar-refractivity contribution in [1.82, 2.24) is 15.1 Å². The first-order valence-electron chi connectivity index (χ1n) is 11.2. The number of anilines is 2. The van der Waals surface area contributed by atoms with E-state index in [0.29, 0.717) is 28.8 Å². The van der Waals surface area contributed by atoms with Crippen LogP contribution in [0.2, 0.25) is 10.0 Å². The van der Waals surface area contributed by atoms with Crippen molar-refractivity contribution in [3.8, 4) is 0 Å². The van der Waals surface area contributed by atoms with Gasteiger partial charge in [0.2, 0.25) is 17.7 Å². The summed E-state index contributed by atoms with van der Waals surface area (Å²) in [6, 6.07) is 13.8. The quantitative estimate of drug-likeness (QED) is 0.632. The number of benzene rings is 2. The van der Waals surface area contributed by atoms with Gasteiger partial charge < -0.3 is 20.4 Å². The highest BCUT2D eigenvalue weighted by Crippen LogP contribution is 2.22. The Balaban J connectivity index is 1.33. The predicted octanol–water partition coefficient (Wildman–Crippen LogP) is 2.47. The lowest BCUT2D eigenvalue weighted by Gasteiger charge is -2.39. The SMILES string of the molecule is O=C(CC1C(=O)NCCN1C(=O)CN1CCN(c2cccc(Cl)c2)CC1)Nc1ccccc1Cl. The van der Waals surface area contributed by atoms with Crippen molar-refractivity contribution in [2.75, 3.05) is 56.0 Å². The zero-order valence-corrected chi connectivity index (χ0v) is 20.2. The van der Waals surface area contributed by atoms with Gasteiger partial charge in [-0.2, -0.15) is 0 Å². The molecule has 0 saturated carbocycles. The minimum Gasteiger partial charge on any atom is -0.369 e. The van der Waals surface area contributed by atoms with Crippen LogP contribution in [0.5, 0.6) is 0 Å². The number of hydrogen-bond donors (Lipinski definition) is 2. The molecule has 2 aromatic rings. The summed E-state index contributed by atoms with van der Waals surface area (Å²) in [5.74, 6) is -0.843. The molecule has 8 nitrogen and oxygen atoms in total. The van der Waals surface area contributed by atoms with Crippen LogP contribution in [0.3, 0.4) is 0 Å². The molecule has 2 saturated heterocycles. The standard InChI is InChI=1S/C24H27Cl2N5O3/c25-17-4-3-5-18(14-17)30-12-10-29(11-13-30)16-23(33)31-9-8-27-24(34)21(31)15-22(32)28-20-7-2-1-6-19(20)26/h1-7,14,21H,8-13,15-16H2,(H,27,34)(H,28,32). The smallest absolute Gasteiger partial charge is 0.243 e. The number of carbonyl (C=O) groups is 3. The lowest BCUT2D eigenvalue weighted by molar-refractivity contribution is -0.145. The van der Waals surface area contributed by atoms with E-state index < -0.39 is 6.04 Å². The summed E-state index contributed by atoms with van der Waals surface area (Å²) in [4.78, 5) is 44.1. The molecule has 2 aromatic carbocycles. The van der Waals surface area contributed by atoms with E-state index in [2.05, 4.69) is 20.4 Å². The van der Waals surface area contributed by atoms with E-state index in [1.807, 2.05) is 24.3 Å². The molecule has 4 rings (SSSR count). The van der Waals surface area contributed by atoms with Crippen LogP contribution in [0.4, 0.5) is 11.4 Å². The molecule has 0 aromatic heterocycles. The van der Waals surface area contributed by atoms with Gasteiger partial charge in [0, 0.05) is 50.0 Å². The van der Waals surface area contributed by atoms with Crippen LogP contribution >= 0.6 is 23.2 Å². The third-order valence-corrected chi connectivity index (χ3v) is 6.65. The number of halogens is 2. The minimum absolute atomic E-state index is 0.134. The fourth-order valence-electron chi connectivity index (χ4n) is 4.27. The second-order valence-corrected chi connectivity index (χ2v) is 9.21. The number of para-hydroxylation sites is 1. The Morgan fingerprint density at radius 2 is 1.76 bits per heavy atom. The molecule has 0 spiro atoms. The van der Waals surface area contributed by atoms with Crippen LogP contribution < -0.4 is 15.5 Å². The number of piperazine rings is 2. The van der Waals surface area contributed by atoms with Gasteiger partial charge in [-0.25, -0.2) is 0 Å². The highest BCUT2D eigenvalue weighted by atomic mass is 35.5. The predicted molar refractivity (Wildman–Crippen MR) is 133 cm³/mol. The van der Waals surface area contributed by atoms with Gasteiger partial charge in [0.05, 0.1) is 23.7 Å². The molecule has 0 aliphatic carbocycles. The average molecular weight is 504 g/mol. The number of rotatable bonds is 6. The number of hydrogen-bond acceptors (Lipinski definition) is 5. The van der Waals surface area contributed by atoms with Crippen LogP contribution in [-0.2, 0) is 14.4 Å². The lowest BCUT2D eigenvalue weighted by atomic mass is 10.1. The fraction of sp³-hybridized carbons (Fsp3) is 0.375. The molecule has 1 unspecified atom stereocenters. The maximum absolute atomic E-state index is 13.1. The highest BCUT2D eigenvalue weighted by Gasteiger charge is 2.35. The van der Waals surface area contributed by atoms with E-state index in [1.54, 1.807) is 24.3 Å². The first-order valence-corrected chi connectivity index (χ1v) is 12.0. The molecule has 2 heterocycles. The largest absolute Gasteiger partial charge is 0.369 e. The zero-order chi connectivity index (χ0) is 24.1. The van der Waals surface area contributed by atoms with Crippen LogP contribution in [0.15, 0.2) is 48.5 Å². The Kier molecular flexibility index (Phi) is 7.92. The summed E-state index contributed by atoms with van der Waals surface area (Å²) < 4.78 is 0. The molecule has 1 atom stereocenters. The van der Waals surface area contributed by atoms with E-state index in [0.717, 1.165) is 31.9 Å². The summed E-state index contributed by atoms with van der Waals surface area (Å²) in [6.45, 7) is 3.94. The Morgan fingerprint density at radius 3 is 2.50 bits per heavy atom. The Labute approximate surface area is 208 Å². The second-order valence-electron chi connectivity index (χ2n) is 8.37. The Hall–Kier alpha value is -2.81. The number of nitrogens with one attached hydrogen (secondary N) is 2. The summed E-state index contributed by atoms with van der Waals surface area (Å²) in [5, 5.41) is 6.60. The molecule has 10 heteroatoms. The Bertz CT molecular complexity index is 1060. The first-order chi connectivity index (χ1) is 16.4. The molecule has 0 bridgehead atoms. The normalized spacial score (nSPS) is 19.0. The average Bonchev–Trinajstić information content (AvgIpc) is 2.82. The number of nitrogens with zero attached hydrogens (tertiary/aromatic N) is 3. The lowest BCUT2D eigenvalue weighted by Crippen LogP contribution is -2.60. The maximum Gasteiger partial charge on any atom is 0.243 e. The van der Waals surface area contributed by atoms with Crippen molar-refractivity contribution >= 4 is 52.3 Å². The molecule has 3 amide bonds. The highest BCUT2D eigenvalue weighted by molar-refractivity contribution is 6.33. The van der Waals surface area contributed by atoms with Gasteiger partial charge in [-0.1, -0.05) is 41.4 Å². The summed E-state index contributed by atoms with van der Waals surface area (Å²) in [6.07, 6.45) is -0.134. The van der Waals surface area contributed by atoms with Gasteiger partial charge in [0.25, 0.3) is 0 Å². The van der Waals surface area contributed by atoms with Gasteiger partial charge in [-0.3, -0.25) is 19.3 Å². The van der Waals surface area contributed by atoms with E-state index in [4.69, 9.17) is 23.2 Å². The van der Waals surface area contributed by atoms with Gasteiger partial charge in [-0.15, -0.1) is 0 Å². The van der Waals surface area contributed by atoms with Crippen LogP contribution in [0, 0.1) is 0 Å². The van der Waals surface area contributed by atoms with Crippen LogP contribution in [0.1, 0.15) is 6.42 Å². The van der Waals surface area contributed by atoms with Crippen molar-refractivity contribution in [2.24, 2.45) is 0 Å². The first kappa shape index (κ1) is 24.3. The van der Waals surface area contributed by atoms with Crippen molar-refractivity contribution < 1.29 is 14.4 Å².